The summed E-state index contributed by atoms with van der Waals surface area (Å²) in [6.07, 6.45) is 0. The minimum Gasteiger partial charge on any atom is -0.118 e. The topological polar surface area (TPSA) is 17.1 Å². The van der Waals surface area contributed by atoms with E-state index in [4.69, 9.17) is 69.6 Å². The highest BCUT2D eigenvalue weighted by Gasteiger charge is 2.58. The average molecular weight is 312 g/mol. The normalized spacial score (nSPS) is 13.2. The molecular weight excluding hydrogens is 308 g/mol. The van der Waals surface area contributed by atoms with Gasteiger partial charge in [-0.2, -0.15) is 0 Å². The Hall–Kier alpha value is 1.84. The molecule has 0 N–H and O–H groups in total. The van der Waals surface area contributed by atoms with E-state index in [9.17, 15) is 4.57 Å². The van der Waals surface area contributed by atoms with E-state index in [1.54, 1.807) is 0 Å². The van der Waals surface area contributed by atoms with Crippen molar-refractivity contribution in [1.82, 2.24) is 0 Å². The Bertz CT molecular complexity index is 162. The predicted octanol–water partition coefficient (Wildman–Crippen LogP) is 4.55. The molecule has 0 fully saturated rings. The third-order valence-electron chi connectivity index (χ3n) is 0.916. The molecule has 0 aromatic carbocycles. The van der Waals surface area contributed by atoms with Crippen LogP contribution >= 0.6 is 77.4 Å². The minimum atomic E-state index is -2.32. The van der Waals surface area contributed by atoms with Gasteiger partial charge in [0.1, 0.15) is 11.8 Å². The first kappa shape index (κ1) is 13.8. The highest BCUT2D eigenvalue weighted by atomic mass is 35.5. The summed E-state index contributed by atoms with van der Waals surface area (Å²) in [7, 11) is -2.32. The molecule has 0 atom stereocenters. The van der Waals surface area contributed by atoms with Gasteiger partial charge in [-0.25, -0.2) is 0 Å². The van der Waals surface area contributed by atoms with Crippen LogP contribution in [0.2, 0.25) is 0 Å². The SMILES string of the molecule is O=[P+](C(Cl)(Cl)CCl)C(Cl)(Cl)CCl. The van der Waals surface area contributed by atoms with Gasteiger partial charge in [0.15, 0.2) is 0 Å². The molecule has 0 rings (SSSR count). The fourth-order valence-electron chi connectivity index (χ4n) is 0.348. The van der Waals surface area contributed by atoms with Crippen LogP contribution in [0.3, 0.4) is 0 Å². The largest absolute Gasteiger partial charge is 0.418 e. The Morgan fingerprint density at radius 1 is 0.917 bits per heavy atom. The van der Waals surface area contributed by atoms with Crippen molar-refractivity contribution in [3.63, 3.8) is 0 Å². The van der Waals surface area contributed by atoms with Crippen LogP contribution in [0, 0.1) is 0 Å². The molecule has 0 aromatic rings. The Kier molecular flexibility index (Phi) is 5.85. The van der Waals surface area contributed by atoms with E-state index in [2.05, 4.69) is 0 Å². The molecular formula is C4H4Cl6OP+. The van der Waals surface area contributed by atoms with Gasteiger partial charge in [-0.05, 0) is 46.4 Å². The molecule has 0 unspecified atom stereocenters. The van der Waals surface area contributed by atoms with Crippen molar-refractivity contribution in [3.05, 3.63) is 0 Å². The summed E-state index contributed by atoms with van der Waals surface area (Å²) in [6.45, 7) is 0. The van der Waals surface area contributed by atoms with Crippen LogP contribution in [0.25, 0.3) is 0 Å². The molecule has 0 amide bonds. The maximum Gasteiger partial charge on any atom is 0.418 e. The lowest BCUT2D eigenvalue weighted by Gasteiger charge is -2.10. The van der Waals surface area contributed by atoms with Gasteiger partial charge in [-0.15, -0.1) is 23.2 Å². The standard InChI is InChI=1S/C4H4Cl6OP/c5-1-3(7,8)12(11)4(9,10)2-6/h1-2H2/q+1. The van der Waals surface area contributed by atoms with Crippen molar-refractivity contribution >= 4 is 77.4 Å². The van der Waals surface area contributed by atoms with E-state index in [-0.39, 0.29) is 11.8 Å². The van der Waals surface area contributed by atoms with Gasteiger partial charge in [0.05, 0.1) is 0 Å². The summed E-state index contributed by atoms with van der Waals surface area (Å²) in [5.74, 6) is -0.465. The first-order valence-corrected chi connectivity index (χ1v) is 6.47. The Morgan fingerprint density at radius 3 is 1.33 bits per heavy atom. The Morgan fingerprint density at radius 2 is 1.17 bits per heavy atom. The van der Waals surface area contributed by atoms with Crippen molar-refractivity contribution in [2.75, 3.05) is 11.8 Å². The number of halogens is 6. The van der Waals surface area contributed by atoms with Gasteiger partial charge in [-0.1, -0.05) is 4.57 Å². The molecule has 0 aliphatic carbocycles. The second kappa shape index (κ2) is 5.07. The van der Waals surface area contributed by atoms with E-state index in [1.165, 1.54) is 0 Å². The molecule has 0 spiro atoms. The van der Waals surface area contributed by atoms with Crippen LogP contribution in [0.5, 0.6) is 0 Å². The van der Waals surface area contributed by atoms with Gasteiger partial charge in [0.2, 0.25) is 0 Å². The summed E-state index contributed by atoms with van der Waals surface area (Å²) in [6, 6.07) is 0. The quantitative estimate of drug-likeness (QED) is 0.549. The van der Waals surface area contributed by atoms with Crippen LogP contribution in [0.15, 0.2) is 0 Å². The van der Waals surface area contributed by atoms with Crippen molar-refractivity contribution in [2.45, 2.75) is 8.15 Å². The zero-order valence-corrected chi connectivity index (χ0v) is 11.0. The maximum atomic E-state index is 11.4. The lowest BCUT2D eigenvalue weighted by Crippen LogP contribution is -2.20. The smallest absolute Gasteiger partial charge is 0.118 e. The summed E-state index contributed by atoms with van der Waals surface area (Å²) in [5.41, 5.74) is 0. The molecule has 0 saturated heterocycles. The Balaban J connectivity index is 4.60. The second-order valence-electron chi connectivity index (χ2n) is 1.89. The molecule has 72 valence electrons. The Labute approximate surface area is 101 Å². The third-order valence-corrected chi connectivity index (χ3v) is 6.52. The van der Waals surface area contributed by atoms with E-state index in [0.29, 0.717) is 0 Å². The molecule has 0 aliphatic heterocycles. The monoisotopic (exact) mass is 309 g/mol. The first-order valence-electron chi connectivity index (χ1n) is 2.63. The van der Waals surface area contributed by atoms with Gasteiger partial charge in [0, 0.05) is 0 Å². The lowest BCUT2D eigenvalue weighted by atomic mass is 10.9. The molecule has 8 heteroatoms. The molecule has 0 radical (unpaired) electrons. The van der Waals surface area contributed by atoms with Crippen LogP contribution in [0.4, 0.5) is 0 Å². The predicted molar refractivity (Wildman–Crippen MR) is 57.9 cm³/mol. The fraction of sp³-hybridized carbons (Fsp3) is 1.00. The summed E-state index contributed by atoms with van der Waals surface area (Å²) < 4.78 is 8.11. The summed E-state index contributed by atoms with van der Waals surface area (Å²) in [5, 5.41) is 0. The van der Waals surface area contributed by atoms with Crippen LogP contribution in [0.1, 0.15) is 0 Å². The molecule has 12 heavy (non-hydrogen) atoms. The molecule has 0 saturated carbocycles. The zero-order chi connectivity index (χ0) is 9.99. The molecule has 0 aromatic heterocycles. The highest BCUT2D eigenvalue weighted by Crippen LogP contribution is 2.59. The summed E-state index contributed by atoms with van der Waals surface area (Å²) >= 11 is 32.9. The van der Waals surface area contributed by atoms with Crippen molar-refractivity contribution in [2.24, 2.45) is 0 Å². The van der Waals surface area contributed by atoms with Crippen molar-refractivity contribution in [1.29, 1.82) is 0 Å². The number of rotatable bonds is 4. The average Bonchev–Trinajstić information content (AvgIpc) is 2.03. The van der Waals surface area contributed by atoms with Crippen LogP contribution < -0.4 is 0 Å². The second-order valence-corrected chi connectivity index (χ2v) is 8.57. The fourth-order valence-corrected chi connectivity index (χ4v) is 3.95. The van der Waals surface area contributed by atoms with Gasteiger partial charge in [0.25, 0.3) is 0 Å². The molecule has 1 nitrogen and oxygen atoms in total. The number of alkyl halides is 6. The number of hydrogen-bond acceptors (Lipinski definition) is 1. The van der Waals surface area contributed by atoms with E-state index < -0.39 is 15.9 Å². The van der Waals surface area contributed by atoms with E-state index >= 15 is 0 Å². The molecule has 0 heterocycles. The van der Waals surface area contributed by atoms with Crippen LogP contribution in [-0.2, 0) is 4.57 Å². The molecule has 0 bridgehead atoms. The maximum absolute atomic E-state index is 11.4. The third kappa shape index (κ3) is 3.53. The van der Waals surface area contributed by atoms with Gasteiger partial charge >= 0.3 is 15.9 Å². The highest BCUT2D eigenvalue weighted by molar-refractivity contribution is 7.58. The van der Waals surface area contributed by atoms with Crippen LogP contribution in [-0.4, -0.2) is 19.9 Å². The van der Waals surface area contributed by atoms with Crippen molar-refractivity contribution < 1.29 is 4.57 Å². The van der Waals surface area contributed by atoms with Gasteiger partial charge < -0.3 is 0 Å². The van der Waals surface area contributed by atoms with Gasteiger partial charge in [-0.3, -0.25) is 0 Å². The van der Waals surface area contributed by atoms with E-state index in [1.807, 2.05) is 0 Å². The first-order chi connectivity index (χ1) is 5.28. The zero-order valence-electron chi connectivity index (χ0n) is 5.54. The summed E-state index contributed by atoms with van der Waals surface area (Å²) in [4.78, 5) is 0. The van der Waals surface area contributed by atoms with Crippen molar-refractivity contribution in [3.8, 4) is 0 Å². The van der Waals surface area contributed by atoms with E-state index in [0.717, 1.165) is 0 Å². The number of hydrogen-bond donors (Lipinski definition) is 0. The lowest BCUT2D eigenvalue weighted by molar-refractivity contribution is 0.582. The minimum absolute atomic E-state index is 0.233. The molecule has 0 aliphatic rings.